The van der Waals surface area contributed by atoms with Crippen molar-refractivity contribution in [3.05, 3.63) is 0 Å². The van der Waals surface area contributed by atoms with E-state index in [9.17, 15) is 19.2 Å². The molecule has 0 saturated carbocycles. The van der Waals surface area contributed by atoms with E-state index in [1.54, 1.807) is 0 Å². The van der Waals surface area contributed by atoms with E-state index in [0.717, 1.165) is 0 Å². The van der Waals surface area contributed by atoms with Crippen molar-refractivity contribution in [2.45, 2.75) is 0 Å². The van der Waals surface area contributed by atoms with E-state index < -0.39 is 30.4 Å². The SMILES string of the molecule is COCCN1C(=O)C(=O)N(CC(=O)O)C1=O. The van der Waals surface area contributed by atoms with Gasteiger partial charge in [-0.05, 0) is 0 Å². The smallest absolute Gasteiger partial charge is 0.334 e. The molecule has 1 rings (SSSR count). The zero-order valence-corrected chi connectivity index (χ0v) is 8.50. The van der Waals surface area contributed by atoms with Crippen molar-refractivity contribution in [3.8, 4) is 0 Å². The number of amides is 4. The highest BCUT2D eigenvalue weighted by Crippen LogP contribution is 2.11. The fraction of sp³-hybridized carbons (Fsp3) is 0.500. The Morgan fingerprint density at radius 3 is 2.31 bits per heavy atom. The molecule has 0 atom stereocenters. The Hall–Kier alpha value is -1.96. The molecule has 4 amide bonds. The van der Waals surface area contributed by atoms with Gasteiger partial charge in [0.25, 0.3) is 0 Å². The van der Waals surface area contributed by atoms with Crippen molar-refractivity contribution in [2.24, 2.45) is 0 Å². The number of carboxylic acids is 1. The Morgan fingerprint density at radius 2 is 1.81 bits per heavy atom. The third-order valence-corrected chi connectivity index (χ3v) is 1.95. The molecule has 1 N–H and O–H groups in total. The minimum absolute atomic E-state index is 0.0734. The van der Waals surface area contributed by atoms with Gasteiger partial charge in [0.15, 0.2) is 0 Å². The van der Waals surface area contributed by atoms with Crippen LogP contribution in [0.1, 0.15) is 0 Å². The number of carbonyl (C=O) groups is 4. The summed E-state index contributed by atoms with van der Waals surface area (Å²) < 4.78 is 4.66. The number of methoxy groups -OCH3 is 1. The van der Waals surface area contributed by atoms with E-state index in [1.165, 1.54) is 7.11 Å². The van der Waals surface area contributed by atoms with Crippen molar-refractivity contribution in [1.82, 2.24) is 9.80 Å². The predicted octanol–water partition coefficient (Wildman–Crippen LogP) is -1.49. The second-order valence-corrected chi connectivity index (χ2v) is 3.02. The first kappa shape index (κ1) is 12.1. The van der Waals surface area contributed by atoms with Crippen LogP contribution in [0, 0.1) is 0 Å². The predicted molar refractivity (Wildman–Crippen MR) is 48.3 cm³/mol. The number of hydrogen-bond donors (Lipinski definition) is 1. The summed E-state index contributed by atoms with van der Waals surface area (Å²) in [4.78, 5) is 45.4. The van der Waals surface area contributed by atoms with Gasteiger partial charge in [0.1, 0.15) is 6.54 Å². The van der Waals surface area contributed by atoms with Crippen molar-refractivity contribution in [1.29, 1.82) is 0 Å². The van der Waals surface area contributed by atoms with Crippen LogP contribution < -0.4 is 0 Å². The fourth-order valence-electron chi connectivity index (χ4n) is 1.20. The maximum absolute atomic E-state index is 11.5. The molecule has 0 aliphatic carbocycles. The lowest BCUT2D eigenvalue weighted by Crippen LogP contribution is -2.37. The van der Waals surface area contributed by atoms with Gasteiger partial charge < -0.3 is 9.84 Å². The highest BCUT2D eigenvalue weighted by molar-refractivity contribution is 6.44. The molecule has 16 heavy (non-hydrogen) atoms. The number of hydrogen-bond acceptors (Lipinski definition) is 5. The van der Waals surface area contributed by atoms with Crippen LogP contribution in [0.5, 0.6) is 0 Å². The van der Waals surface area contributed by atoms with Crippen molar-refractivity contribution in [3.63, 3.8) is 0 Å². The molecule has 88 valence electrons. The topological polar surface area (TPSA) is 104 Å². The Kier molecular flexibility index (Phi) is 3.56. The Bertz CT molecular complexity index is 352. The lowest BCUT2D eigenvalue weighted by atomic mass is 10.5. The van der Waals surface area contributed by atoms with Crippen LogP contribution in [0.3, 0.4) is 0 Å². The first-order valence-electron chi connectivity index (χ1n) is 4.37. The molecule has 0 aromatic rings. The van der Waals surface area contributed by atoms with E-state index in [0.29, 0.717) is 9.80 Å². The molecule has 1 aliphatic rings. The van der Waals surface area contributed by atoms with Crippen LogP contribution >= 0.6 is 0 Å². The summed E-state index contributed by atoms with van der Waals surface area (Å²) in [5, 5.41) is 8.46. The molecule has 8 heteroatoms. The lowest BCUT2D eigenvalue weighted by molar-refractivity contribution is -0.146. The molecule has 0 unspecified atom stereocenters. The summed E-state index contributed by atoms with van der Waals surface area (Å²) in [6.45, 7) is -0.797. The Morgan fingerprint density at radius 1 is 1.25 bits per heavy atom. The average molecular weight is 230 g/mol. The van der Waals surface area contributed by atoms with E-state index >= 15 is 0 Å². The van der Waals surface area contributed by atoms with Crippen LogP contribution in [0.25, 0.3) is 0 Å². The van der Waals surface area contributed by atoms with Crippen LogP contribution in [0.2, 0.25) is 0 Å². The van der Waals surface area contributed by atoms with E-state index in [2.05, 4.69) is 4.74 Å². The summed E-state index contributed by atoms with van der Waals surface area (Å²) in [5.41, 5.74) is 0. The second-order valence-electron chi connectivity index (χ2n) is 3.02. The molecule has 1 saturated heterocycles. The van der Waals surface area contributed by atoms with Crippen molar-refractivity contribution in [2.75, 3.05) is 26.8 Å². The summed E-state index contributed by atoms with van der Waals surface area (Å²) in [5.74, 6) is -3.50. The van der Waals surface area contributed by atoms with Crippen LogP contribution in [0.4, 0.5) is 4.79 Å². The van der Waals surface area contributed by atoms with Gasteiger partial charge in [-0.25, -0.2) is 9.69 Å². The van der Waals surface area contributed by atoms with Gasteiger partial charge in [0.2, 0.25) is 0 Å². The monoisotopic (exact) mass is 230 g/mol. The third kappa shape index (κ3) is 2.16. The van der Waals surface area contributed by atoms with Crippen LogP contribution in [0.15, 0.2) is 0 Å². The number of rotatable bonds is 5. The Labute approximate surface area is 90.4 Å². The first-order valence-corrected chi connectivity index (χ1v) is 4.37. The summed E-state index contributed by atoms with van der Waals surface area (Å²) in [6, 6.07) is -0.922. The van der Waals surface area contributed by atoms with Gasteiger partial charge in [0.05, 0.1) is 13.2 Å². The lowest BCUT2D eigenvalue weighted by Gasteiger charge is -2.13. The quantitative estimate of drug-likeness (QED) is 0.455. The molecule has 1 heterocycles. The molecule has 8 nitrogen and oxygen atoms in total. The average Bonchev–Trinajstić information content (AvgIpc) is 2.41. The van der Waals surface area contributed by atoms with Crippen LogP contribution in [-0.4, -0.2) is 65.5 Å². The van der Waals surface area contributed by atoms with Gasteiger partial charge in [-0.15, -0.1) is 0 Å². The highest BCUT2D eigenvalue weighted by Gasteiger charge is 2.44. The zero-order chi connectivity index (χ0) is 12.3. The number of carbonyl (C=O) groups excluding carboxylic acids is 3. The highest BCUT2D eigenvalue weighted by atomic mass is 16.5. The molecule has 1 fully saturated rings. The molecular formula is C8H10N2O6. The normalized spacial score (nSPS) is 16.2. The summed E-state index contributed by atoms with van der Waals surface area (Å²) in [7, 11) is 1.38. The number of urea groups is 1. The van der Waals surface area contributed by atoms with E-state index in [1.807, 2.05) is 0 Å². The molecular weight excluding hydrogens is 220 g/mol. The van der Waals surface area contributed by atoms with Gasteiger partial charge >= 0.3 is 23.8 Å². The minimum Gasteiger partial charge on any atom is -0.480 e. The fourth-order valence-corrected chi connectivity index (χ4v) is 1.20. The van der Waals surface area contributed by atoms with Crippen molar-refractivity contribution < 1.29 is 29.0 Å². The first-order chi connectivity index (χ1) is 7.49. The van der Waals surface area contributed by atoms with Gasteiger partial charge in [0, 0.05) is 7.11 Å². The molecule has 0 bridgehead atoms. The van der Waals surface area contributed by atoms with E-state index in [4.69, 9.17) is 5.11 Å². The number of aliphatic carboxylic acids is 1. The van der Waals surface area contributed by atoms with E-state index in [-0.39, 0.29) is 13.2 Å². The second kappa shape index (κ2) is 4.71. The zero-order valence-electron chi connectivity index (χ0n) is 8.50. The van der Waals surface area contributed by atoms with Gasteiger partial charge in [-0.2, -0.15) is 0 Å². The number of ether oxygens (including phenoxy) is 1. The molecule has 1 aliphatic heterocycles. The van der Waals surface area contributed by atoms with Gasteiger partial charge in [-0.3, -0.25) is 19.3 Å². The maximum atomic E-state index is 11.5. The number of imide groups is 2. The number of nitrogens with zero attached hydrogens (tertiary/aromatic N) is 2. The minimum atomic E-state index is -1.36. The maximum Gasteiger partial charge on any atom is 0.334 e. The van der Waals surface area contributed by atoms with Crippen molar-refractivity contribution >= 4 is 23.8 Å². The third-order valence-electron chi connectivity index (χ3n) is 1.95. The summed E-state index contributed by atoms with van der Waals surface area (Å²) >= 11 is 0. The molecule has 0 aromatic carbocycles. The molecule has 0 aromatic heterocycles. The van der Waals surface area contributed by atoms with Crippen LogP contribution in [-0.2, 0) is 19.1 Å². The molecule has 0 spiro atoms. The molecule has 0 radical (unpaired) electrons. The Balaban J connectivity index is 2.77. The van der Waals surface area contributed by atoms with Gasteiger partial charge in [-0.1, -0.05) is 0 Å². The standard InChI is InChI=1S/C8H10N2O6/c1-16-3-2-9-6(13)7(14)10(8(9)15)4-5(11)12/h2-4H2,1H3,(H,11,12). The summed E-state index contributed by atoms with van der Waals surface area (Å²) in [6.07, 6.45) is 0. The largest absolute Gasteiger partial charge is 0.480 e. The number of carboxylic acid groups (broad SMARTS) is 1.